The number of amides is 2. The van der Waals surface area contributed by atoms with E-state index in [-0.39, 0.29) is 17.6 Å². The zero-order chi connectivity index (χ0) is 35.4. The maximum absolute atomic E-state index is 13.5. The van der Waals surface area contributed by atoms with E-state index in [1.54, 1.807) is 31.4 Å². The third-order valence-electron chi connectivity index (χ3n) is 9.81. The Hall–Kier alpha value is -3.96. The number of aromatic nitrogens is 1. The lowest BCUT2D eigenvalue weighted by Crippen LogP contribution is -2.42. The summed E-state index contributed by atoms with van der Waals surface area (Å²) in [6.45, 7) is 13.0. The third kappa shape index (κ3) is 8.27. The van der Waals surface area contributed by atoms with Gasteiger partial charge in [0, 0.05) is 76.4 Å². The van der Waals surface area contributed by atoms with Gasteiger partial charge in [-0.15, -0.1) is 0 Å². The number of nitrogens with one attached hydrogen (secondary N) is 2. The normalized spacial score (nSPS) is 17.7. The fourth-order valence-electron chi connectivity index (χ4n) is 6.95. The minimum Gasteiger partial charge on any atom is -0.392 e. The first-order valence-electron chi connectivity index (χ1n) is 17.1. The van der Waals surface area contributed by atoms with Gasteiger partial charge in [-0.25, -0.2) is 0 Å². The topological polar surface area (TPSA) is 110 Å². The van der Waals surface area contributed by atoms with Crippen LogP contribution in [0.25, 0.3) is 11.1 Å². The van der Waals surface area contributed by atoms with Gasteiger partial charge in [-0.3, -0.25) is 24.2 Å². The van der Waals surface area contributed by atoms with Crippen LogP contribution in [0.5, 0.6) is 0 Å². The van der Waals surface area contributed by atoms with Crippen LogP contribution in [0.15, 0.2) is 64.7 Å². The molecule has 0 saturated carbocycles. The molecule has 3 N–H and O–H groups in total. The summed E-state index contributed by atoms with van der Waals surface area (Å²) in [5.41, 5.74) is 6.30. The Bertz CT molecular complexity index is 1800. The molecule has 3 heterocycles. The molecule has 10 nitrogen and oxygen atoms in total. The van der Waals surface area contributed by atoms with Crippen LogP contribution in [0.4, 0.5) is 11.4 Å². The third-order valence-corrected chi connectivity index (χ3v) is 10.2. The summed E-state index contributed by atoms with van der Waals surface area (Å²) in [5.74, 6) is -0.656. The van der Waals surface area contributed by atoms with Crippen LogP contribution >= 0.6 is 11.6 Å². The van der Waals surface area contributed by atoms with Crippen molar-refractivity contribution in [1.29, 1.82) is 0 Å². The molecule has 3 aromatic rings. The molecular weight excluding hydrogens is 640 g/mol. The fourth-order valence-corrected chi connectivity index (χ4v) is 7.22. The number of hydrogen-bond acceptors (Lipinski definition) is 7. The smallest absolute Gasteiger partial charge is 0.263 e. The van der Waals surface area contributed by atoms with E-state index in [1.807, 2.05) is 45.2 Å². The first-order chi connectivity index (χ1) is 23.4. The van der Waals surface area contributed by atoms with Crippen molar-refractivity contribution in [1.82, 2.24) is 19.3 Å². The Morgan fingerprint density at radius 1 is 1.06 bits per heavy atom. The predicted molar refractivity (Wildman–Crippen MR) is 197 cm³/mol. The Balaban J connectivity index is 1.32. The highest BCUT2D eigenvalue weighted by Gasteiger charge is 2.26. The van der Waals surface area contributed by atoms with Gasteiger partial charge < -0.3 is 25.2 Å². The second-order valence-corrected chi connectivity index (χ2v) is 13.9. The number of aryl methyl sites for hydroxylation is 1. The van der Waals surface area contributed by atoms with E-state index in [0.29, 0.717) is 41.5 Å². The largest absolute Gasteiger partial charge is 0.392 e. The average molecular weight is 689 g/mol. The highest BCUT2D eigenvalue weighted by Crippen LogP contribution is 2.37. The van der Waals surface area contributed by atoms with Gasteiger partial charge in [-0.2, -0.15) is 0 Å². The molecule has 0 radical (unpaired) electrons. The molecule has 262 valence electrons. The molecule has 11 heteroatoms. The molecule has 49 heavy (non-hydrogen) atoms. The van der Waals surface area contributed by atoms with Crippen molar-refractivity contribution in [2.24, 2.45) is 7.05 Å². The number of benzene rings is 2. The van der Waals surface area contributed by atoms with Crippen LogP contribution in [0.1, 0.15) is 61.5 Å². The van der Waals surface area contributed by atoms with E-state index >= 15 is 0 Å². The molecule has 2 aromatic carbocycles. The van der Waals surface area contributed by atoms with Crippen LogP contribution < -0.4 is 16.2 Å². The number of likely N-dealkylation sites (tertiary alicyclic amines) is 1. The molecule has 2 aliphatic rings. The maximum atomic E-state index is 13.5. The van der Waals surface area contributed by atoms with E-state index in [0.717, 1.165) is 55.7 Å². The van der Waals surface area contributed by atoms with Crippen molar-refractivity contribution in [3.8, 4) is 11.1 Å². The SMILES string of the molecule is CCCN1CCC(N(C)C(C)C(=O)Nc2cccc(-c3cccc(NC(=O)c4cc(CN5CCC(O)C5)cn(C)c4=O)c3C)c2Cl)=C(C)C1. The molecule has 5 rings (SSSR count). The molecular formula is C38H49ClN6O4. The van der Waals surface area contributed by atoms with Crippen molar-refractivity contribution in [3.63, 3.8) is 0 Å². The molecule has 1 aromatic heterocycles. The lowest BCUT2D eigenvalue weighted by atomic mass is 9.98. The minimum atomic E-state index is -0.504. The van der Waals surface area contributed by atoms with E-state index < -0.39 is 17.5 Å². The van der Waals surface area contributed by atoms with Crippen LogP contribution in [0, 0.1) is 6.92 Å². The van der Waals surface area contributed by atoms with Crippen LogP contribution in [-0.4, -0.2) is 88.1 Å². The lowest BCUT2D eigenvalue weighted by molar-refractivity contribution is -0.119. The second-order valence-electron chi connectivity index (χ2n) is 13.5. The predicted octanol–water partition coefficient (Wildman–Crippen LogP) is 5.48. The van der Waals surface area contributed by atoms with Crippen molar-refractivity contribution < 1.29 is 14.7 Å². The first kappa shape index (κ1) is 36.3. The van der Waals surface area contributed by atoms with Gasteiger partial charge in [-0.05, 0) is 80.6 Å². The average Bonchev–Trinajstić information content (AvgIpc) is 3.48. The molecule has 0 bridgehead atoms. The van der Waals surface area contributed by atoms with Gasteiger partial charge in [0.2, 0.25) is 5.91 Å². The summed E-state index contributed by atoms with van der Waals surface area (Å²) < 4.78 is 1.42. The molecule has 1 fully saturated rings. The number of pyridine rings is 1. The molecule has 2 atom stereocenters. The molecule has 0 aliphatic carbocycles. The minimum absolute atomic E-state index is 0.0452. The number of nitrogens with zero attached hydrogens (tertiary/aromatic N) is 4. The van der Waals surface area contributed by atoms with Crippen LogP contribution in [0.2, 0.25) is 5.02 Å². The van der Waals surface area contributed by atoms with E-state index in [9.17, 15) is 19.5 Å². The Morgan fingerprint density at radius 2 is 1.78 bits per heavy atom. The fraction of sp³-hybridized carbons (Fsp3) is 0.447. The number of anilines is 2. The van der Waals surface area contributed by atoms with Gasteiger partial charge in [-0.1, -0.05) is 42.8 Å². The summed E-state index contributed by atoms with van der Waals surface area (Å²) in [7, 11) is 3.61. The quantitative estimate of drug-likeness (QED) is 0.245. The number of carbonyl (C=O) groups excluding carboxylic acids is 2. The van der Waals surface area contributed by atoms with Crippen molar-refractivity contribution in [2.75, 3.05) is 50.4 Å². The Labute approximate surface area is 294 Å². The maximum Gasteiger partial charge on any atom is 0.263 e. The number of aliphatic hydroxyl groups excluding tert-OH is 1. The summed E-state index contributed by atoms with van der Waals surface area (Å²) in [4.78, 5) is 46.6. The number of likely N-dealkylation sites (N-methyl/N-ethyl adjacent to an activating group) is 1. The van der Waals surface area contributed by atoms with Crippen LogP contribution in [0.3, 0.4) is 0 Å². The number of aliphatic hydroxyl groups is 1. The molecule has 0 spiro atoms. The van der Waals surface area contributed by atoms with Gasteiger partial charge in [0.1, 0.15) is 11.6 Å². The van der Waals surface area contributed by atoms with Gasteiger partial charge in [0.05, 0.1) is 16.8 Å². The van der Waals surface area contributed by atoms with Crippen molar-refractivity contribution in [3.05, 3.63) is 92.0 Å². The lowest BCUT2D eigenvalue weighted by Gasteiger charge is -2.36. The Kier molecular flexibility index (Phi) is 11.7. The summed E-state index contributed by atoms with van der Waals surface area (Å²) >= 11 is 6.96. The summed E-state index contributed by atoms with van der Waals surface area (Å²) in [5, 5.41) is 16.3. The van der Waals surface area contributed by atoms with E-state index in [4.69, 9.17) is 11.6 Å². The number of β-amino-alcohol motifs (C(OH)–C–C–N with tert-alkyl or cyclic N) is 1. The molecule has 2 unspecified atom stereocenters. The number of rotatable bonds is 11. The zero-order valence-corrected chi connectivity index (χ0v) is 30.2. The van der Waals surface area contributed by atoms with Gasteiger partial charge in [0.15, 0.2) is 0 Å². The number of halogens is 1. The Morgan fingerprint density at radius 3 is 2.45 bits per heavy atom. The second kappa shape index (κ2) is 15.7. The van der Waals surface area contributed by atoms with Crippen molar-refractivity contribution in [2.45, 2.75) is 65.6 Å². The standard InChI is InChI=1S/C38H49ClN6O4/c1-7-16-44-18-15-34(24(2)20-44)43(6)26(4)36(47)41-33-13-9-11-30(35(33)39)29-10-8-12-32(25(29)3)40-37(48)31-19-27(21-42(5)38(31)49)22-45-17-14-28(46)23-45/h8-13,19,21,26,28,46H,7,14-18,20,22-23H2,1-6H3,(H,40,48)(H,41,47). The van der Waals surface area contributed by atoms with Gasteiger partial charge in [0.25, 0.3) is 11.5 Å². The van der Waals surface area contributed by atoms with Gasteiger partial charge >= 0.3 is 0 Å². The zero-order valence-electron chi connectivity index (χ0n) is 29.5. The first-order valence-corrected chi connectivity index (χ1v) is 17.5. The monoisotopic (exact) mass is 688 g/mol. The summed E-state index contributed by atoms with van der Waals surface area (Å²) in [6, 6.07) is 12.3. The highest BCUT2D eigenvalue weighted by atomic mass is 35.5. The highest BCUT2D eigenvalue weighted by molar-refractivity contribution is 6.36. The van der Waals surface area contributed by atoms with Crippen LogP contribution in [-0.2, 0) is 18.4 Å². The molecule has 2 amide bonds. The molecule has 2 aliphatic heterocycles. The van der Waals surface area contributed by atoms with E-state index in [1.165, 1.54) is 15.8 Å². The molecule has 1 saturated heterocycles. The van der Waals surface area contributed by atoms with E-state index in [2.05, 4.69) is 39.2 Å². The summed E-state index contributed by atoms with van der Waals surface area (Å²) in [6.07, 6.45) is 4.12. The van der Waals surface area contributed by atoms with Crippen molar-refractivity contribution >= 4 is 34.8 Å². The number of carbonyl (C=O) groups is 2. The number of hydrogen-bond donors (Lipinski definition) is 3.